The first-order chi connectivity index (χ1) is 7.27. The minimum atomic E-state index is 0.487. The van der Waals surface area contributed by atoms with Gasteiger partial charge in [-0.15, -0.1) is 0 Å². The molecule has 88 valence electrons. The Bertz CT molecular complexity index is 189. The van der Waals surface area contributed by atoms with Crippen LogP contribution < -0.4 is 5.73 Å². The summed E-state index contributed by atoms with van der Waals surface area (Å²) >= 11 is 0. The van der Waals surface area contributed by atoms with Crippen LogP contribution in [0, 0.1) is 5.92 Å². The normalized spacial score (nSPS) is 31.2. The van der Waals surface area contributed by atoms with E-state index in [1.807, 2.05) is 0 Å². The number of rotatable bonds is 4. The van der Waals surface area contributed by atoms with Crippen molar-refractivity contribution in [3.8, 4) is 0 Å². The lowest BCUT2D eigenvalue weighted by molar-refractivity contribution is 0.204. The molecule has 2 rings (SSSR count). The van der Waals surface area contributed by atoms with Gasteiger partial charge in [0.15, 0.2) is 0 Å². The van der Waals surface area contributed by atoms with E-state index in [1.165, 1.54) is 58.0 Å². The van der Waals surface area contributed by atoms with E-state index < -0.39 is 0 Å². The van der Waals surface area contributed by atoms with Gasteiger partial charge in [-0.2, -0.15) is 0 Å². The highest BCUT2D eigenvalue weighted by molar-refractivity contribution is 4.85. The molecule has 2 N–H and O–H groups in total. The maximum absolute atomic E-state index is 6.15. The molecule has 0 aromatic rings. The van der Waals surface area contributed by atoms with E-state index in [-0.39, 0.29) is 0 Å². The van der Waals surface area contributed by atoms with Crippen LogP contribution in [0.25, 0.3) is 0 Å². The van der Waals surface area contributed by atoms with E-state index in [1.54, 1.807) is 0 Å². The van der Waals surface area contributed by atoms with Crippen molar-refractivity contribution in [2.24, 2.45) is 11.7 Å². The first-order valence-electron chi connectivity index (χ1n) is 6.77. The lowest BCUT2D eigenvalue weighted by Gasteiger charge is -2.28. The van der Waals surface area contributed by atoms with Gasteiger partial charge in [-0.1, -0.05) is 12.8 Å². The molecule has 0 spiro atoms. The van der Waals surface area contributed by atoms with E-state index >= 15 is 0 Å². The number of nitrogens with zero attached hydrogens (tertiary/aromatic N) is 1. The zero-order valence-electron chi connectivity index (χ0n) is 10.1. The second-order valence-electron chi connectivity index (χ2n) is 5.52. The summed E-state index contributed by atoms with van der Waals surface area (Å²) in [5.74, 6) is 0.868. The Morgan fingerprint density at radius 2 is 2.00 bits per heavy atom. The van der Waals surface area contributed by atoms with Gasteiger partial charge in [-0.05, 0) is 58.0 Å². The summed E-state index contributed by atoms with van der Waals surface area (Å²) in [5.41, 5.74) is 6.15. The number of hydrogen-bond donors (Lipinski definition) is 1. The van der Waals surface area contributed by atoms with E-state index in [0.717, 1.165) is 12.0 Å². The van der Waals surface area contributed by atoms with Gasteiger partial charge >= 0.3 is 0 Å². The molecule has 2 nitrogen and oxygen atoms in total. The SMILES string of the molecule is CC1CCCCCN1CCC(N)C1CC1. The van der Waals surface area contributed by atoms with Gasteiger partial charge in [0.25, 0.3) is 0 Å². The van der Waals surface area contributed by atoms with E-state index in [0.29, 0.717) is 6.04 Å². The Morgan fingerprint density at radius 3 is 2.73 bits per heavy atom. The Hall–Kier alpha value is -0.0800. The van der Waals surface area contributed by atoms with Crippen LogP contribution in [-0.2, 0) is 0 Å². The summed E-state index contributed by atoms with van der Waals surface area (Å²) in [6.07, 6.45) is 9.62. The monoisotopic (exact) mass is 210 g/mol. The maximum atomic E-state index is 6.15. The third-order valence-corrected chi connectivity index (χ3v) is 4.17. The fourth-order valence-corrected chi connectivity index (χ4v) is 2.74. The van der Waals surface area contributed by atoms with Crippen LogP contribution in [0.1, 0.15) is 51.9 Å². The maximum Gasteiger partial charge on any atom is 0.00793 e. The topological polar surface area (TPSA) is 29.3 Å². The van der Waals surface area contributed by atoms with E-state index in [4.69, 9.17) is 5.73 Å². The van der Waals surface area contributed by atoms with Crippen molar-refractivity contribution < 1.29 is 0 Å². The Balaban J connectivity index is 1.71. The number of nitrogens with two attached hydrogens (primary N) is 1. The molecule has 2 aliphatic rings. The van der Waals surface area contributed by atoms with Crippen LogP contribution in [0.2, 0.25) is 0 Å². The van der Waals surface area contributed by atoms with Crippen molar-refractivity contribution in [2.75, 3.05) is 13.1 Å². The zero-order chi connectivity index (χ0) is 10.7. The van der Waals surface area contributed by atoms with Crippen LogP contribution in [0.3, 0.4) is 0 Å². The van der Waals surface area contributed by atoms with Gasteiger partial charge in [0.2, 0.25) is 0 Å². The summed E-state index contributed by atoms with van der Waals surface area (Å²) in [6.45, 7) is 4.92. The van der Waals surface area contributed by atoms with Crippen LogP contribution >= 0.6 is 0 Å². The Morgan fingerprint density at radius 1 is 1.20 bits per heavy atom. The minimum Gasteiger partial charge on any atom is -0.327 e. The lowest BCUT2D eigenvalue weighted by Crippen LogP contribution is -2.37. The molecule has 1 saturated carbocycles. The van der Waals surface area contributed by atoms with Crippen LogP contribution in [0.5, 0.6) is 0 Å². The summed E-state index contributed by atoms with van der Waals surface area (Å²) in [4.78, 5) is 2.66. The molecule has 1 heterocycles. The molecule has 2 atom stereocenters. The molecule has 0 bridgehead atoms. The molecule has 1 aliphatic carbocycles. The molecule has 0 amide bonds. The zero-order valence-corrected chi connectivity index (χ0v) is 10.1. The van der Waals surface area contributed by atoms with Crippen LogP contribution in [-0.4, -0.2) is 30.1 Å². The predicted molar refractivity (Wildman–Crippen MR) is 64.8 cm³/mol. The molecule has 2 fully saturated rings. The summed E-state index contributed by atoms with van der Waals surface area (Å²) in [7, 11) is 0. The highest BCUT2D eigenvalue weighted by Gasteiger charge is 2.28. The van der Waals surface area contributed by atoms with Crippen molar-refractivity contribution in [2.45, 2.75) is 64.0 Å². The number of likely N-dealkylation sites (tertiary alicyclic amines) is 1. The second kappa shape index (κ2) is 5.31. The van der Waals surface area contributed by atoms with Gasteiger partial charge in [-0.25, -0.2) is 0 Å². The fourth-order valence-electron chi connectivity index (χ4n) is 2.74. The minimum absolute atomic E-state index is 0.487. The standard InChI is InChI=1S/C13H26N2/c1-11-5-3-2-4-9-15(11)10-8-13(14)12-6-7-12/h11-13H,2-10,14H2,1H3. The molecule has 15 heavy (non-hydrogen) atoms. The molecule has 0 aromatic carbocycles. The first kappa shape index (κ1) is 11.4. The summed E-state index contributed by atoms with van der Waals surface area (Å²) in [5, 5.41) is 0. The highest BCUT2D eigenvalue weighted by Crippen LogP contribution is 2.33. The average Bonchev–Trinajstić information content (AvgIpc) is 3.02. The molecule has 2 unspecified atom stereocenters. The fraction of sp³-hybridized carbons (Fsp3) is 1.00. The third kappa shape index (κ3) is 3.46. The Kier molecular flexibility index (Phi) is 4.04. The van der Waals surface area contributed by atoms with E-state index in [9.17, 15) is 0 Å². The van der Waals surface area contributed by atoms with Crippen molar-refractivity contribution >= 4 is 0 Å². The first-order valence-corrected chi connectivity index (χ1v) is 6.77. The van der Waals surface area contributed by atoms with Crippen LogP contribution in [0.4, 0.5) is 0 Å². The third-order valence-electron chi connectivity index (χ3n) is 4.17. The molecule has 0 radical (unpaired) electrons. The highest BCUT2D eigenvalue weighted by atomic mass is 15.1. The van der Waals surface area contributed by atoms with E-state index in [2.05, 4.69) is 11.8 Å². The van der Waals surface area contributed by atoms with Crippen molar-refractivity contribution in [3.63, 3.8) is 0 Å². The number of hydrogen-bond acceptors (Lipinski definition) is 2. The van der Waals surface area contributed by atoms with Crippen LogP contribution in [0.15, 0.2) is 0 Å². The van der Waals surface area contributed by atoms with Gasteiger partial charge in [0, 0.05) is 12.1 Å². The largest absolute Gasteiger partial charge is 0.327 e. The molecular weight excluding hydrogens is 184 g/mol. The summed E-state index contributed by atoms with van der Waals surface area (Å²) in [6, 6.07) is 1.28. The van der Waals surface area contributed by atoms with Gasteiger partial charge in [0.1, 0.15) is 0 Å². The Labute approximate surface area is 94.2 Å². The molecule has 2 heteroatoms. The van der Waals surface area contributed by atoms with Crippen molar-refractivity contribution in [3.05, 3.63) is 0 Å². The second-order valence-corrected chi connectivity index (χ2v) is 5.52. The molecule has 0 aromatic heterocycles. The lowest BCUT2D eigenvalue weighted by atomic mass is 10.1. The molecule has 1 aliphatic heterocycles. The summed E-state index contributed by atoms with van der Waals surface area (Å²) < 4.78 is 0. The van der Waals surface area contributed by atoms with Gasteiger partial charge in [-0.3, -0.25) is 0 Å². The molecular formula is C13H26N2. The quantitative estimate of drug-likeness (QED) is 0.772. The van der Waals surface area contributed by atoms with Gasteiger partial charge in [0.05, 0.1) is 0 Å². The van der Waals surface area contributed by atoms with Gasteiger partial charge < -0.3 is 10.6 Å². The predicted octanol–water partition coefficient (Wildman–Crippen LogP) is 2.38. The smallest absolute Gasteiger partial charge is 0.00793 e. The average molecular weight is 210 g/mol. The molecule has 1 saturated heterocycles. The van der Waals surface area contributed by atoms with Crippen molar-refractivity contribution in [1.29, 1.82) is 0 Å². The van der Waals surface area contributed by atoms with Crippen molar-refractivity contribution in [1.82, 2.24) is 4.90 Å².